The number of carbonyl (C=O) groups is 2. The molecule has 0 saturated heterocycles. The summed E-state index contributed by atoms with van der Waals surface area (Å²) in [5.74, 6) is -0.880. The minimum atomic E-state index is -0.816. The Labute approximate surface area is 135 Å². The van der Waals surface area contributed by atoms with E-state index in [1.165, 1.54) is 22.3 Å². The quantitative estimate of drug-likeness (QED) is 0.680. The van der Waals surface area contributed by atoms with Gasteiger partial charge in [-0.1, -0.05) is 30.3 Å². The van der Waals surface area contributed by atoms with Gasteiger partial charge >= 0.3 is 5.97 Å². The summed E-state index contributed by atoms with van der Waals surface area (Å²) < 4.78 is 0. The molecule has 0 bridgehead atoms. The summed E-state index contributed by atoms with van der Waals surface area (Å²) in [6.45, 7) is 0. The van der Waals surface area contributed by atoms with Crippen LogP contribution in [0.25, 0.3) is 11.1 Å². The minimum Gasteiger partial charge on any atom is -0.481 e. The monoisotopic (exact) mass is 309 g/mol. The number of anilines is 1. The van der Waals surface area contributed by atoms with Gasteiger partial charge < -0.3 is 10.4 Å². The second-order valence-electron chi connectivity index (χ2n) is 5.85. The molecule has 118 valence electrons. The first-order valence-electron chi connectivity index (χ1n) is 7.86. The molecule has 0 heterocycles. The molecule has 2 aromatic rings. The number of nitrogens with one attached hydrogen (secondary N) is 1. The Balaban J connectivity index is 1.59. The molecule has 0 aromatic heterocycles. The number of unbranched alkanes of at least 4 members (excludes halogenated alkanes) is 1. The lowest BCUT2D eigenvalue weighted by molar-refractivity contribution is -0.137. The number of carbonyl (C=O) groups excluding carboxylic acids is 1. The third-order valence-corrected chi connectivity index (χ3v) is 4.12. The lowest BCUT2D eigenvalue weighted by Gasteiger charge is -2.07. The van der Waals surface area contributed by atoms with Crippen molar-refractivity contribution in [1.29, 1.82) is 0 Å². The van der Waals surface area contributed by atoms with E-state index in [1.54, 1.807) is 0 Å². The predicted molar refractivity (Wildman–Crippen MR) is 89.4 cm³/mol. The van der Waals surface area contributed by atoms with Gasteiger partial charge in [0.25, 0.3) is 0 Å². The van der Waals surface area contributed by atoms with E-state index in [2.05, 4.69) is 23.5 Å². The van der Waals surface area contributed by atoms with Gasteiger partial charge in [0.05, 0.1) is 0 Å². The summed E-state index contributed by atoms with van der Waals surface area (Å²) in [6, 6.07) is 14.4. The number of hydrogen-bond donors (Lipinski definition) is 2. The molecule has 0 unspecified atom stereocenters. The summed E-state index contributed by atoms with van der Waals surface area (Å²) >= 11 is 0. The van der Waals surface area contributed by atoms with Gasteiger partial charge in [0.15, 0.2) is 0 Å². The number of benzene rings is 2. The molecule has 0 aliphatic heterocycles. The average molecular weight is 309 g/mol. The Morgan fingerprint density at radius 1 is 0.957 bits per heavy atom. The van der Waals surface area contributed by atoms with Crippen LogP contribution < -0.4 is 5.32 Å². The van der Waals surface area contributed by atoms with Crippen molar-refractivity contribution < 1.29 is 14.7 Å². The van der Waals surface area contributed by atoms with Gasteiger partial charge in [-0.25, -0.2) is 0 Å². The summed E-state index contributed by atoms with van der Waals surface area (Å²) in [6.07, 6.45) is 2.49. The van der Waals surface area contributed by atoms with Crippen molar-refractivity contribution in [3.05, 3.63) is 53.6 Å². The number of carboxylic acid groups (broad SMARTS) is 1. The standard InChI is InChI=1S/C19H19NO3/c21-18(7-3-4-8-19(22)23)20-15-9-10-17-14(12-15)11-13-5-1-2-6-16(13)17/h1-2,5-6,9-10,12H,3-4,7-8,11H2,(H,20,21)(H,22,23). The Morgan fingerprint density at radius 3 is 2.52 bits per heavy atom. The van der Waals surface area contributed by atoms with Gasteiger partial charge in [-0.3, -0.25) is 9.59 Å². The van der Waals surface area contributed by atoms with Crippen LogP contribution in [0.2, 0.25) is 0 Å². The summed E-state index contributed by atoms with van der Waals surface area (Å²) in [5.41, 5.74) is 5.86. The molecule has 3 rings (SSSR count). The van der Waals surface area contributed by atoms with E-state index in [0.717, 1.165) is 12.1 Å². The van der Waals surface area contributed by atoms with Crippen LogP contribution in [0.4, 0.5) is 5.69 Å². The highest BCUT2D eigenvalue weighted by Gasteiger charge is 2.18. The SMILES string of the molecule is O=C(O)CCCCC(=O)Nc1ccc2c(c1)Cc1ccccc1-2. The van der Waals surface area contributed by atoms with Crippen molar-refractivity contribution in [2.24, 2.45) is 0 Å². The van der Waals surface area contributed by atoms with Gasteiger partial charge in [-0.05, 0) is 53.6 Å². The molecule has 4 heteroatoms. The Bertz CT molecular complexity index is 752. The maximum atomic E-state index is 11.9. The number of fused-ring (bicyclic) bond motifs is 3. The van der Waals surface area contributed by atoms with Crippen molar-refractivity contribution in [2.75, 3.05) is 5.32 Å². The summed E-state index contributed by atoms with van der Waals surface area (Å²) in [5, 5.41) is 11.5. The fourth-order valence-corrected chi connectivity index (χ4v) is 3.01. The molecule has 0 atom stereocenters. The van der Waals surface area contributed by atoms with Crippen LogP contribution in [-0.2, 0) is 16.0 Å². The summed E-state index contributed by atoms with van der Waals surface area (Å²) in [7, 11) is 0. The van der Waals surface area contributed by atoms with Crippen molar-refractivity contribution >= 4 is 17.6 Å². The van der Waals surface area contributed by atoms with Gasteiger partial charge in [0.2, 0.25) is 5.91 Å². The fraction of sp³-hybridized carbons (Fsp3) is 0.263. The number of aliphatic carboxylic acids is 1. The Morgan fingerprint density at radius 2 is 1.70 bits per heavy atom. The zero-order chi connectivity index (χ0) is 16.2. The van der Waals surface area contributed by atoms with Gasteiger partial charge in [-0.2, -0.15) is 0 Å². The Hall–Kier alpha value is -2.62. The molecule has 0 saturated carbocycles. The van der Waals surface area contributed by atoms with Gasteiger partial charge in [0, 0.05) is 18.5 Å². The highest BCUT2D eigenvalue weighted by atomic mass is 16.4. The first kappa shape index (κ1) is 15.3. The van der Waals surface area contributed by atoms with Gasteiger partial charge in [0.1, 0.15) is 0 Å². The first-order valence-corrected chi connectivity index (χ1v) is 7.86. The van der Waals surface area contributed by atoms with Gasteiger partial charge in [-0.15, -0.1) is 0 Å². The van der Waals surface area contributed by atoms with Crippen molar-refractivity contribution in [3.63, 3.8) is 0 Å². The van der Waals surface area contributed by atoms with Crippen LogP contribution in [-0.4, -0.2) is 17.0 Å². The lowest BCUT2D eigenvalue weighted by atomic mass is 10.1. The highest BCUT2D eigenvalue weighted by molar-refractivity contribution is 5.91. The maximum Gasteiger partial charge on any atom is 0.303 e. The molecule has 4 nitrogen and oxygen atoms in total. The van der Waals surface area contributed by atoms with Crippen LogP contribution in [0.3, 0.4) is 0 Å². The minimum absolute atomic E-state index is 0.0640. The molecule has 2 aromatic carbocycles. The molecule has 2 N–H and O–H groups in total. The van der Waals surface area contributed by atoms with E-state index in [1.807, 2.05) is 24.3 Å². The van der Waals surface area contributed by atoms with Crippen LogP contribution in [0.15, 0.2) is 42.5 Å². The lowest BCUT2D eigenvalue weighted by Crippen LogP contribution is -2.11. The number of rotatable bonds is 6. The first-order chi connectivity index (χ1) is 11.1. The second kappa shape index (κ2) is 6.65. The smallest absolute Gasteiger partial charge is 0.303 e. The van der Waals surface area contributed by atoms with Crippen molar-refractivity contribution in [1.82, 2.24) is 0 Å². The zero-order valence-corrected chi connectivity index (χ0v) is 12.8. The number of hydrogen-bond acceptors (Lipinski definition) is 2. The van der Waals surface area contributed by atoms with Crippen molar-refractivity contribution in [3.8, 4) is 11.1 Å². The van der Waals surface area contributed by atoms with E-state index in [0.29, 0.717) is 19.3 Å². The number of carboxylic acids is 1. The average Bonchev–Trinajstić information content (AvgIpc) is 2.89. The molecule has 0 spiro atoms. The zero-order valence-electron chi connectivity index (χ0n) is 12.8. The van der Waals surface area contributed by atoms with E-state index in [4.69, 9.17) is 5.11 Å². The van der Waals surface area contributed by atoms with E-state index in [9.17, 15) is 9.59 Å². The van der Waals surface area contributed by atoms with Crippen LogP contribution in [0, 0.1) is 0 Å². The normalized spacial score (nSPS) is 11.7. The molecular formula is C19H19NO3. The topological polar surface area (TPSA) is 66.4 Å². The van der Waals surface area contributed by atoms with Crippen LogP contribution in [0.1, 0.15) is 36.8 Å². The second-order valence-corrected chi connectivity index (χ2v) is 5.85. The van der Waals surface area contributed by atoms with E-state index >= 15 is 0 Å². The molecule has 1 aliphatic rings. The fourth-order valence-electron chi connectivity index (χ4n) is 3.01. The molecule has 1 amide bonds. The third-order valence-electron chi connectivity index (χ3n) is 4.12. The molecular weight excluding hydrogens is 290 g/mol. The number of amides is 1. The molecule has 1 aliphatic carbocycles. The molecule has 23 heavy (non-hydrogen) atoms. The van der Waals surface area contributed by atoms with E-state index in [-0.39, 0.29) is 12.3 Å². The predicted octanol–water partition coefficient (Wildman–Crippen LogP) is 3.84. The molecule has 0 radical (unpaired) electrons. The van der Waals surface area contributed by atoms with Crippen LogP contribution in [0.5, 0.6) is 0 Å². The molecule has 0 fully saturated rings. The highest BCUT2D eigenvalue weighted by Crippen LogP contribution is 2.37. The Kier molecular flexibility index (Phi) is 4.42. The maximum absolute atomic E-state index is 11.9. The van der Waals surface area contributed by atoms with E-state index < -0.39 is 5.97 Å². The van der Waals surface area contributed by atoms with Crippen LogP contribution >= 0.6 is 0 Å². The van der Waals surface area contributed by atoms with Crippen molar-refractivity contribution in [2.45, 2.75) is 32.1 Å². The summed E-state index contributed by atoms with van der Waals surface area (Å²) in [4.78, 5) is 22.4. The largest absolute Gasteiger partial charge is 0.481 e. The third kappa shape index (κ3) is 3.59.